The molecule has 0 amide bonds. The van der Waals surface area contributed by atoms with Crippen LogP contribution < -0.4 is 5.32 Å². The van der Waals surface area contributed by atoms with Crippen molar-refractivity contribution in [3.05, 3.63) is 23.9 Å². The molecule has 0 saturated carbocycles. The average Bonchev–Trinajstić information content (AvgIpc) is 2.32. The molecule has 1 saturated heterocycles. The third kappa shape index (κ3) is 3.17. The van der Waals surface area contributed by atoms with Gasteiger partial charge in [0.1, 0.15) is 15.7 Å². The molecule has 17 heavy (non-hydrogen) atoms. The van der Waals surface area contributed by atoms with Gasteiger partial charge in [-0.05, 0) is 25.0 Å². The minimum atomic E-state index is -2.83. The van der Waals surface area contributed by atoms with E-state index in [1.807, 2.05) is 6.07 Å². The van der Waals surface area contributed by atoms with Crippen molar-refractivity contribution in [3.63, 3.8) is 0 Å². The van der Waals surface area contributed by atoms with Gasteiger partial charge in [0.15, 0.2) is 0 Å². The molecule has 1 fully saturated rings. The van der Waals surface area contributed by atoms with Crippen molar-refractivity contribution in [2.24, 2.45) is 0 Å². The van der Waals surface area contributed by atoms with Crippen LogP contribution in [0.1, 0.15) is 18.4 Å². The van der Waals surface area contributed by atoms with Gasteiger partial charge in [-0.2, -0.15) is 5.26 Å². The lowest BCUT2D eigenvalue weighted by Crippen LogP contribution is -2.32. The summed E-state index contributed by atoms with van der Waals surface area (Å²) in [6.07, 6.45) is 2.77. The lowest BCUT2D eigenvalue weighted by Gasteiger charge is -2.23. The number of sulfone groups is 1. The zero-order valence-corrected chi connectivity index (χ0v) is 10.1. The zero-order valence-electron chi connectivity index (χ0n) is 9.26. The molecule has 0 aromatic carbocycles. The maximum absolute atomic E-state index is 11.3. The quantitative estimate of drug-likeness (QED) is 0.845. The number of anilines is 1. The van der Waals surface area contributed by atoms with Crippen LogP contribution in [0.5, 0.6) is 0 Å². The van der Waals surface area contributed by atoms with Crippen LogP contribution in [0.4, 0.5) is 5.82 Å². The number of pyridine rings is 1. The van der Waals surface area contributed by atoms with E-state index >= 15 is 0 Å². The number of nitrogens with one attached hydrogen (secondary N) is 1. The summed E-state index contributed by atoms with van der Waals surface area (Å²) < 4.78 is 22.5. The molecule has 5 nitrogen and oxygen atoms in total. The minimum Gasteiger partial charge on any atom is -0.367 e. The SMILES string of the molecule is N#Cc1ccnc(NC2CCS(=O)(=O)CC2)c1. The van der Waals surface area contributed by atoms with Crippen LogP contribution in [-0.2, 0) is 9.84 Å². The third-order valence-corrected chi connectivity index (χ3v) is 4.51. The fourth-order valence-electron chi connectivity index (χ4n) is 1.82. The van der Waals surface area contributed by atoms with Crippen molar-refractivity contribution in [3.8, 4) is 6.07 Å². The van der Waals surface area contributed by atoms with Crippen LogP contribution in [0.25, 0.3) is 0 Å². The summed E-state index contributed by atoms with van der Waals surface area (Å²) in [5, 5.41) is 11.9. The molecule has 0 bridgehead atoms. The second kappa shape index (κ2) is 4.72. The van der Waals surface area contributed by atoms with Crippen LogP contribution in [-0.4, -0.2) is 30.9 Å². The second-order valence-corrected chi connectivity index (χ2v) is 6.42. The van der Waals surface area contributed by atoms with Crippen LogP contribution in [0.15, 0.2) is 18.3 Å². The van der Waals surface area contributed by atoms with Crippen LogP contribution in [0.2, 0.25) is 0 Å². The lowest BCUT2D eigenvalue weighted by molar-refractivity contribution is 0.559. The third-order valence-electron chi connectivity index (χ3n) is 2.80. The molecule has 1 aromatic heterocycles. The van der Waals surface area contributed by atoms with Gasteiger partial charge in [0.25, 0.3) is 0 Å². The Kier molecular flexibility index (Phi) is 3.29. The molecule has 6 heteroatoms. The highest BCUT2D eigenvalue weighted by atomic mass is 32.2. The van der Waals surface area contributed by atoms with Gasteiger partial charge in [-0.3, -0.25) is 0 Å². The van der Waals surface area contributed by atoms with E-state index in [1.54, 1.807) is 18.3 Å². The van der Waals surface area contributed by atoms with E-state index in [0.29, 0.717) is 24.2 Å². The van der Waals surface area contributed by atoms with Gasteiger partial charge in [0.2, 0.25) is 0 Å². The molecular weight excluding hydrogens is 238 g/mol. The highest BCUT2D eigenvalue weighted by molar-refractivity contribution is 7.91. The number of aromatic nitrogens is 1. The predicted octanol–water partition coefficient (Wildman–Crippen LogP) is 0.942. The first-order chi connectivity index (χ1) is 8.09. The normalized spacial score (nSPS) is 19.5. The Bertz CT molecular complexity index is 534. The molecule has 1 aliphatic rings. The van der Waals surface area contributed by atoms with Crippen molar-refractivity contribution in [2.75, 3.05) is 16.8 Å². The van der Waals surface area contributed by atoms with Crippen molar-refractivity contribution in [2.45, 2.75) is 18.9 Å². The van der Waals surface area contributed by atoms with E-state index in [1.165, 1.54) is 0 Å². The van der Waals surface area contributed by atoms with Crippen LogP contribution in [0.3, 0.4) is 0 Å². The summed E-state index contributed by atoms with van der Waals surface area (Å²) in [4.78, 5) is 4.11. The first-order valence-electron chi connectivity index (χ1n) is 5.42. The molecule has 1 N–H and O–H groups in total. The molecule has 1 aliphatic heterocycles. The van der Waals surface area contributed by atoms with Gasteiger partial charge in [0, 0.05) is 12.2 Å². The molecule has 0 aliphatic carbocycles. The molecule has 90 valence electrons. The van der Waals surface area contributed by atoms with E-state index in [9.17, 15) is 8.42 Å². The Morgan fingerprint density at radius 1 is 1.41 bits per heavy atom. The van der Waals surface area contributed by atoms with Crippen molar-refractivity contribution in [1.29, 1.82) is 5.26 Å². The van der Waals surface area contributed by atoms with Gasteiger partial charge in [-0.1, -0.05) is 0 Å². The van der Waals surface area contributed by atoms with Gasteiger partial charge in [-0.25, -0.2) is 13.4 Å². The summed E-state index contributed by atoms with van der Waals surface area (Å²) in [5.74, 6) is 1.08. The molecular formula is C11H13N3O2S. The Balaban J connectivity index is 2.00. The smallest absolute Gasteiger partial charge is 0.150 e. The molecule has 0 radical (unpaired) electrons. The Morgan fingerprint density at radius 2 is 2.12 bits per heavy atom. The van der Waals surface area contributed by atoms with E-state index < -0.39 is 9.84 Å². The van der Waals surface area contributed by atoms with E-state index in [2.05, 4.69) is 10.3 Å². The summed E-state index contributed by atoms with van der Waals surface area (Å²) >= 11 is 0. The molecule has 0 spiro atoms. The molecule has 1 aromatic rings. The van der Waals surface area contributed by atoms with E-state index in [-0.39, 0.29) is 17.5 Å². The maximum Gasteiger partial charge on any atom is 0.150 e. The first kappa shape index (κ1) is 11.9. The summed E-state index contributed by atoms with van der Waals surface area (Å²) in [5.41, 5.74) is 0.547. The zero-order chi connectivity index (χ0) is 12.3. The molecule has 0 unspecified atom stereocenters. The van der Waals surface area contributed by atoms with Crippen molar-refractivity contribution >= 4 is 15.7 Å². The largest absolute Gasteiger partial charge is 0.367 e. The van der Waals surface area contributed by atoms with Crippen LogP contribution >= 0.6 is 0 Å². The van der Waals surface area contributed by atoms with Gasteiger partial charge < -0.3 is 5.32 Å². The van der Waals surface area contributed by atoms with E-state index in [4.69, 9.17) is 5.26 Å². The fourth-order valence-corrected chi connectivity index (χ4v) is 3.31. The standard InChI is InChI=1S/C11H13N3O2S/c12-8-9-1-4-13-11(7-9)14-10-2-5-17(15,16)6-3-10/h1,4,7,10H,2-3,5-6H2,(H,13,14). The summed E-state index contributed by atoms with van der Waals surface area (Å²) in [6, 6.07) is 5.47. The molecule has 2 rings (SSSR count). The van der Waals surface area contributed by atoms with Gasteiger partial charge in [-0.15, -0.1) is 0 Å². The second-order valence-electron chi connectivity index (χ2n) is 4.11. The van der Waals surface area contributed by atoms with Crippen molar-refractivity contribution < 1.29 is 8.42 Å². The highest BCUT2D eigenvalue weighted by Gasteiger charge is 2.23. The minimum absolute atomic E-state index is 0.125. The topological polar surface area (TPSA) is 82.8 Å². The van der Waals surface area contributed by atoms with Gasteiger partial charge in [0.05, 0.1) is 23.1 Å². The number of rotatable bonds is 2. The molecule has 2 heterocycles. The summed E-state index contributed by atoms with van der Waals surface area (Å²) in [6.45, 7) is 0. The number of nitrogens with zero attached hydrogens (tertiary/aromatic N) is 2. The van der Waals surface area contributed by atoms with Crippen LogP contribution in [0, 0.1) is 11.3 Å². The fraction of sp³-hybridized carbons (Fsp3) is 0.455. The molecule has 0 atom stereocenters. The van der Waals surface area contributed by atoms with E-state index in [0.717, 1.165) is 0 Å². The first-order valence-corrected chi connectivity index (χ1v) is 7.24. The van der Waals surface area contributed by atoms with Crippen molar-refractivity contribution in [1.82, 2.24) is 4.98 Å². The Hall–Kier alpha value is -1.61. The Labute approximate surface area is 100 Å². The average molecular weight is 251 g/mol. The monoisotopic (exact) mass is 251 g/mol. The summed E-state index contributed by atoms with van der Waals surface area (Å²) in [7, 11) is -2.83. The Morgan fingerprint density at radius 3 is 2.76 bits per heavy atom. The number of hydrogen-bond donors (Lipinski definition) is 1. The lowest BCUT2D eigenvalue weighted by atomic mass is 10.1. The maximum atomic E-state index is 11.3. The van der Waals surface area contributed by atoms with Gasteiger partial charge >= 0.3 is 0 Å². The predicted molar refractivity (Wildman–Crippen MR) is 64.3 cm³/mol. The number of hydrogen-bond acceptors (Lipinski definition) is 5. The highest BCUT2D eigenvalue weighted by Crippen LogP contribution is 2.16. The number of nitriles is 1.